The predicted octanol–water partition coefficient (Wildman–Crippen LogP) is 3.02. The van der Waals surface area contributed by atoms with Crippen LogP contribution in [0.2, 0.25) is 0 Å². The number of ether oxygens (including phenoxy) is 1. The molecule has 2 nitrogen and oxygen atoms in total. The summed E-state index contributed by atoms with van der Waals surface area (Å²) in [5, 5.41) is 0. The van der Waals surface area contributed by atoms with Gasteiger partial charge < -0.3 is 4.74 Å². The number of rotatable bonds is 7. The molecule has 0 fully saturated rings. The molecule has 0 N–H and O–H groups in total. The molecule has 0 bridgehead atoms. The Hall–Kier alpha value is -0.390. The van der Waals surface area contributed by atoms with Crippen LogP contribution in [-0.2, 0) is 9.53 Å². The van der Waals surface area contributed by atoms with Crippen molar-refractivity contribution in [1.29, 1.82) is 0 Å². The van der Waals surface area contributed by atoms with Gasteiger partial charge in [-0.15, -0.1) is 0 Å². The summed E-state index contributed by atoms with van der Waals surface area (Å²) < 4.78 is 39.9. The van der Waals surface area contributed by atoms with Gasteiger partial charge in [0.1, 0.15) is 0 Å². The maximum atomic E-state index is 11.7. The van der Waals surface area contributed by atoms with E-state index in [2.05, 4.69) is 0 Å². The molecule has 0 radical (unpaired) electrons. The van der Waals surface area contributed by atoms with Crippen molar-refractivity contribution in [3.05, 3.63) is 0 Å². The van der Waals surface area contributed by atoms with E-state index < -0.39 is 12.6 Å². The molecule has 0 heterocycles. The zero-order valence-corrected chi connectivity index (χ0v) is 9.42. The average molecular weight is 244 g/mol. The fourth-order valence-corrected chi connectivity index (χ4v) is 1.53. The number of hydrogen-bond donors (Lipinski definition) is 0. The molecule has 0 unspecified atom stereocenters. The lowest BCUT2D eigenvalue weighted by Gasteiger charge is -2.05. The van der Waals surface area contributed by atoms with Gasteiger partial charge in [0.25, 0.3) is 0 Å². The summed E-state index contributed by atoms with van der Waals surface area (Å²) in [6.07, 6.45) is -4.08. The van der Waals surface area contributed by atoms with E-state index in [1.807, 2.05) is 6.92 Å². The van der Waals surface area contributed by atoms with E-state index in [-0.39, 0.29) is 18.1 Å². The van der Waals surface area contributed by atoms with Crippen LogP contribution in [0.3, 0.4) is 0 Å². The van der Waals surface area contributed by atoms with E-state index in [1.54, 1.807) is 0 Å². The maximum Gasteiger partial charge on any atom is 0.389 e. The number of alkyl halides is 3. The van der Waals surface area contributed by atoms with E-state index in [0.29, 0.717) is 12.4 Å². The number of esters is 1. The van der Waals surface area contributed by atoms with Gasteiger partial charge in [0, 0.05) is 6.42 Å². The molecule has 0 atom stereocenters. The van der Waals surface area contributed by atoms with Crippen LogP contribution in [0, 0.1) is 0 Å². The Morgan fingerprint density at radius 1 is 1.40 bits per heavy atom. The number of thioether (sulfide) groups is 1. The Balaban J connectivity index is 3.27. The van der Waals surface area contributed by atoms with Crippen LogP contribution in [0.5, 0.6) is 0 Å². The summed E-state index contributed by atoms with van der Waals surface area (Å²) in [6.45, 7) is 2.26. The molecular weight excluding hydrogens is 229 g/mol. The average Bonchev–Trinajstić information content (AvgIpc) is 2.12. The molecule has 90 valence electrons. The van der Waals surface area contributed by atoms with Crippen LogP contribution >= 0.6 is 11.8 Å². The Morgan fingerprint density at radius 3 is 2.60 bits per heavy atom. The second-order valence-electron chi connectivity index (χ2n) is 2.99. The zero-order chi connectivity index (χ0) is 11.7. The molecule has 0 saturated carbocycles. The molecule has 0 aromatic rings. The van der Waals surface area contributed by atoms with Crippen molar-refractivity contribution in [2.75, 3.05) is 18.1 Å². The Labute approximate surface area is 91.6 Å². The highest BCUT2D eigenvalue weighted by Gasteiger charge is 2.25. The molecule has 0 saturated heterocycles. The van der Waals surface area contributed by atoms with Crippen molar-refractivity contribution in [2.24, 2.45) is 0 Å². The molecule has 0 aliphatic heterocycles. The second kappa shape index (κ2) is 7.84. The largest absolute Gasteiger partial charge is 0.465 e. The molecule has 0 rings (SSSR count). The van der Waals surface area contributed by atoms with Gasteiger partial charge in [-0.3, -0.25) is 4.79 Å². The summed E-state index contributed by atoms with van der Waals surface area (Å²) >= 11 is 1.18. The molecule has 0 aliphatic rings. The highest BCUT2D eigenvalue weighted by molar-refractivity contribution is 7.99. The summed E-state index contributed by atoms with van der Waals surface area (Å²) in [7, 11) is 0. The van der Waals surface area contributed by atoms with E-state index in [0.717, 1.165) is 6.42 Å². The Kier molecular flexibility index (Phi) is 7.64. The van der Waals surface area contributed by atoms with E-state index >= 15 is 0 Å². The van der Waals surface area contributed by atoms with Gasteiger partial charge in [0.15, 0.2) is 0 Å². The Bertz CT molecular complexity index is 183. The van der Waals surface area contributed by atoms with Crippen LogP contribution in [0.4, 0.5) is 13.2 Å². The summed E-state index contributed by atoms with van der Waals surface area (Å²) in [6, 6.07) is 0. The lowest BCUT2D eigenvalue weighted by Crippen LogP contribution is -2.10. The quantitative estimate of drug-likeness (QED) is 0.508. The minimum atomic E-state index is -4.09. The van der Waals surface area contributed by atoms with Gasteiger partial charge in [0.2, 0.25) is 0 Å². The standard InChI is InChI=1S/C9H15F3O2S/c1-2-5-14-8(13)7-15-6-3-4-9(10,11)12/h2-7H2,1H3. The third-order valence-corrected chi connectivity index (χ3v) is 2.45. The lowest BCUT2D eigenvalue weighted by atomic mass is 10.3. The first kappa shape index (κ1) is 14.6. The highest BCUT2D eigenvalue weighted by atomic mass is 32.2. The number of carbonyl (C=O) groups is 1. The first-order chi connectivity index (χ1) is 6.95. The van der Waals surface area contributed by atoms with Crippen molar-refractivity contribution in [3.8, 4) is 0 Å². The topological polar surface area (TPSA) is 26.3 Å². The predicted molar refractivity (Wildman–Crippen MR) is 53.9 cm³/mol. The van der Waals surface area contributed by atoms with Crippen molar-refractivity contribution < 1.29 is 22.7 Å². The maximum absolute atomic E-state index is 11.7. The molecular formula is C9H15F3O2S. The summed E-state index contributed by atoms with van der Waals surface area (Å²) in [4.78, 5) is 10.9. The molecule has 0 amide bonds. The molecule has 0 aromatic heterocycles. The van der Waals surface area contributed by atoms with Crippen LogP contribution in [0.1, 0.15) is 26.2 Å². The fourth-order valence-electron chi connectivity index (χ4n) is 0.788. The normalized spacial score (nSPS) is 11.5. The van der Waals surface area contributed by atoms with Gasteiger partial charge in [-0.05, 0) is 18.6 Å². The third kappa shape index (κ3) is 11.5. The monoisotopic (exact) mass is 244 g/mol. The van der Waals surface area contributed by atoms with Crippen LogP contribution < -0.4 is 0 Å². The van der Waals surface area contributed by atoms with Gasteiger partial charge >= 0.3 is 12.1 Å². The minimum Gasteiger partial charge on any atom is -0.465 e. The highest BCUT2D eigenvalue weighted by Crippen LogP contribution is 2.22. The summed E-state index contributed by atoms with van der Waals surface area (Å²) in [5.74, 6) is 0.118. The Morgan fingerprint density at radius 2 is 2.07 bits per heavy atom. The van der Waals surface area contributed by atoms with E-state index in [4.69, 9.17) is 4.74 Å². The van der Waals surface area contributed by atoms with Gasteiger partial charge in [-0.2, -0.15) is 24.9 Å². The fraction of sp³-hybridized carbons (Fsp3) is 0.889. The van der Waals surface area contributed by atoms with Crippen LogP contribution in [0.25, 0.3) is 0 Å². The first-order valence-corrected chi connectivity index (χ1v) is 5.91. The third-order valence-electron chi connectivity index (χ3n) is 1.44. The molecule has 15 heavy (non-hydrogen) atoms. The van der Waals surface area contributed by atoms with Crippen molar-refractivity contribution >= 4 is 17.7 Å². The second-order valence-corrected chi connectivity index (χ2v) is 4.10. The first-order valence-electron chi connectivity index (χ1n) is 4.76. The lowest BCUT2D eigenvalue weighted by molar-refractivity contribution is -0.140. The SMILES string of the molecule is CCCOC(=O)CSCCCC(F)(F)F. The van der Waals surface area contributed by atoms with E-state index in [9.17, 15) is 18.0 Å². The summed E-state index contributed by atoms with van der Waals surface area (Å²) in [5.41, 5.74) is 0. The number of carbonyl (C=O) groups excluding carboxylic acids is 1. The van der Waals surface area contributed by atoms with Crippen LogP contribution in [-0.4, -0.2) is 30.3 Å². The minimum absolute atomic E-state index is 0.0508. The van der Waals surface area contributed by atoms with Gasteiger partial charge in [0.05, 0.1) is 12.4 Å². The van der Waals surface area contributed by atoms with Crippen molar-refractivity contribution in [2.45, 2.75) is 32.4 Å². The molecule has 6 heteroatoms. The zero-order valence-electron chi connectivity index (χ0n) is 8.60. The van der Waals surface area contributed by atoms with Crippen molar-refractivity contribution in [1.82, 2.24) is 0 Å². The van der Waals surface area contributed by atoms with Crippen molar-refractivity contribution in [3.63, 3.8) is 0 Å². The molecule has 0 aliphatic carbocycles. The van der Waals surface area contributed by atoms with Gasteiger partial charge in [-0.1, -0.05) is 6.92 Å². The molecule has 0 spiro atoms. The van der Waals surface area contributed by atoms with Crippen LogP contribution in [0.15, 0.2) is 0 Å². The molecule has 0 aromatic carbocycles. The smallest absolute Gasteiger partial charge is 0.389 e. The van der Waals surface area contributed by atoms with E-state index in [1.165, 1.54) is 11.8 Å². The number of hydrogen-bond acceptors (Lipinski definition) is 3. The van der Waals surface area contributed by atoms with Gasteiger partial charge in [-0.25, -0.2) is 0 Å². The number of halogens is 3.